The summed E-state index contributed by atoms with van der Waals surface area (Å²) < 4.78 is 5.05. The van der Waals surface area contributed by atoms with Crippen molar-refractivity contribution in [3.05, 3.63) is 12.4 Å². The number of ether oxygens (including phenoxy) is 1. The zero-order valence-corrected chi connectivity index (χ0v) is 9.46. The molecule has 0 aromatic carbocycles. The molecule has 2 rings (SSSR count). The summed E-state index contributed by atoms with van der Waals surface area (Å²) in [6.07, 6.45) is 1.54. The highest BCUT2D eigenvalue weighted by atomic mass is 35.5. The van der Waals surface area contributed by atoms with Gasteiger partial charge in [-0.2, -0.15) is 0 Å². The van der Waals surface area contributed by atoms with Crippen molar-refractivity contribution >= 4 is 18.2 Å². The highest BCUT2D eigenvalue weighted by Crippen LogP contribution is 2.15. The molecule has 0 bridgehead atoms. The zero-order valence-electron chi connectivity index (χ0n) is 8.64. The minimum Gasteiger partial charge on any atom is -0.481 e. The monoisotopic (exact) mass is 230 g/mol. The predicted octanol–water partition coefficient (Wildman–Crippen LogP) is 0.317. The standard InChI is InChI=1S/C9H14N4O.ClH/c1-14-9-6-8(11-7-12-9)13-4-2-10-3-5-13;/h6-7,10H,2-5H2,1H3;1H. The lowest BCUT2D eigenvalue weighted by Crippen LogP contribution is -2.43. The van der Waals surface area contributed by atoms with Crippen molar-refractivity contribution in [2.24, 2.45) is 0 Å². The molecular formula is C9H15ClN4O. The number of halogens is 1. The number of nitrogens with zero attached hydrogens (tertiary/aromatic N) is 3. The van der Waals surface area contributed by atoms with Gasteiger partial charge in [0.2, 0.25) is 5.88 Å². The van der Waals surface area contributed by atoms with Gasteiger partial charge in [-0.1, -0.05) is 0 Å². The van der Waals surface area contributed by atoms with Crippen LogP contribution in [0.1, 0.15) is 0 Å². The van der Waals surface area contributed by atoms with Crippen molar-refractivity contribution in [1.82, 2.24) is 15.3 Å². The van der Waals surface area contributed by atoms with Gasteiger partial charge in [0.25, 0.3) is 0 Å². The lowest BCUT2D eigenvalue weighted by atomic mass is 10.3. The van der Waals surface area contributed by atoms with Gasteiger partial charge in [0.15, 0.2) is 0 Å². The van der Waals surface area contributed by atoms with E-state index in [9.17, 15) is 0 Å². The maximum absolute atomic E-state index is 5.05. The third-order valence-electron chi connectivity index (χ3n) is 2.28. The molecule has 0 aliphatic carbocycles. The van der Waals surface area contributed by atoms with E-state index in [1.54, 1.807) is 7.11 Å². The Kier molecular flexibility index (Phi) is 4.58. The topological polar surface area (TPSA) is 50.3 Å². The van der Waals surface area contributed by atoms with Crippen molar-refractivity contribution in [3.63, 3.8) is 0 Å². The van der Waals surface area contributed by atoms with Crippen molar-refractivity contribution in [2.45, 2.75) is 0 Å². The quantitative estimate of drug-likeness (QED) is 0.793. The van der Waals surface area contributed by atoms with E-state index in [-0.39, 0.29) is 12.4 Å². The number of hydrogen-bond acceptors (Lipinski definition) is 5. The van der Waals surface area contributed by atoms with E-state index >= 15 is 0 Å². The Morgan fingerprint density at radius 2 is 2.07 bits per heavy atom. The number of hydrogen-bond donors (Lipinski definition) is 1. The van der Waals surface area contributed by atoms with E-state index in [0.29, 0.717) is 5.88 Å². The Bertz CT molecular complexity index is 304. The molecule has 1 aromatic heterocycles. The molecule has 0 saturated carbocycles. The molecule has 0 amide bonds. The van der Waals surface area contributed by atoms with Crippen LogP contribution in [0.2, 0.25) is 0 Å². The maximum atomic E-state index is 5.05. The first-order valence-electron chi connectivity index (χ1n) is 4.72. The first-order valence-corrected chi connectivity index (χ1v) is 4.72. The van der Waals surface area contributed by atoms with Gasteiger partial charge >= 0.3 is 0 Å². The van der Waals surface area contributed by atoms with E-state index < -0.39 is 0 Å². The van der Waals surface area contributed by atoms with Crippen molar-refractivity contribution in [2.75, 3.05) is 38.2 Å². The molecule has 0 radical (unpaired) electrons. The van der Waals surface area contributed by atoms with Crippen LogP contribution in [0.3, 0.4) is 0 Å². The fraction of sp³-hybridized carbons (Fsp3) is 0.556. The normalized spacial score (nSPS) is 15.7. The summed E-state index contributed by atoms with van der Waals surface area (Å²) in [5.41, 5.74) is 0. The van der Waals surface area contributed by atoms with Crippen LogP contribution in [0.25, 0.3) is 0 Å². The largest absolute Gasteiger partial charge is 0.481 e. The molecule has 0 atom stereocenters. The van der Waals surface area contributed by atoms with Gasteiger partial charge in [-0.3, -0.25) is 0 Å². The highest BCUT2D eigenvalue weighted by molar-refractivity contribution is 5.85. The maximum Gasteiger partial charge on any atom is 0.218 e. The van der Waals surface area contributed by atoms with Crippen LogP contribution in [0.4, 0.5) is 5.82 Å². The molecule has 2 heterocycles. The van der Waals surface area contributed by atoms with Gasteiger partial charge in [0.05, 0.1) is 7.11 Å². The lowest BCUT2D eigenvalue weighted by Gasteiger charge is -2.28. The summed E-state index contributed by atoms with van der Waals surface area (Å²) in [5.74, 6) is 1.56. The van der Waals surface area contributed by atoms with Crippen LogP contribution in [0.5, 0.6) is 5.88 Å². The summed E-state index contributed by atoms with van der Waals surface area (Å²) in [5, 5.41) is 3.30. The molecule has 0 spiro atoms. The Morgan fingerprint density at radius 1 is 1.33 bits per heavy atom. The van der Waals surface area contributed by atoms with E-state index in [1.165, 1.54) is 6.33 Å². The van der Waals surface area contributed by atoms with Gasteiger partial charge < -0.3 is 15.0 Å². The lowest BCUT2D eigenvalue weighted by molar-refractivity contribution is 0.396. The number of anilines is 1. The minimum absolute atomic E-state index is 0. The number of nitrogens with one attached hydrogen (secondary N) is 1. The van der Waals surface area contributed by atoms with Crippen LogP contribution < -0.4 is 15.0 Å². The third kappa shape index (κ3) is 2.94. The van der Waals surface area contributed by atoms with E-state index in [0.717, 1.165) is 32.0 Å². The molecule has 6 heteroatoms. The van der Waals surface area contributed by atoms with E-state index in [4.69, 9.17) is 4.74 Å². The van der Waals surface area contributed by atoms with Gasteiger partial charge in [-0.05, 0) is 0 Å². The van der Waals surface area contributed by atoms with Crippen LogP contribution in [-0.2, 0) is 0 Å². The first-order chi connectivity index (χ1) is 6.90. The molecule has 1 aliphatic heterocycles. The van der Waals surface area contributed by atoms with E-state index in [1.807, 2.05) is 6.07 Å². The SMILES string of the molecule is COc1cc(N2CCNCC2)ncn1.Cl. The third-order valence-corrected chi connectivity index (χ3v) is 2.28. The van der Waals surface area contributed by atoms with Crippen LogP contribution in [0, 0.1) is 0 Å². The van der Waals surface area contributed by atoms with Gasteiger partial charge in [-0.25, -0.2) is 9.97 Å². The van der Waals surface area contributed by atoms with Crippen LogP contribution >= 0.6 is 12.4 Å². The van der Waals surface area contributed by atoms with Gasteiger partial charge in [-0.15, -0.1) is 12.4 Å². The minimum atomic E-state index is 0. The zero-order chi connectivity index (χ0) is 9.80. The second-order valence-corrected chi connectivity index (χ2v) is 3.16. The molecular weight excluding hydrogens is 216 g/mol. The molecule has 1 N–H and O–H groups in total. The second kappa shape index (κ2) is 5.72. The summed E-state index contributed by atoms with van der Waals surface area (Å²) >= 11 is 0. The van der Waals surface area contributed by atoms with Gasteiger partial charge in [0.1, 0.15) is 12.1 Å². The first kappa shape index (κ1) is 12.0. The Balaban J connectivity index is 0.00000112. The van der Waals surface area contributed by atoms with Crippen LogP contribution in [-0.4, -0.2) is 43.3 Å². The highest BCUT2D eigenvalue weighted by Gasteiger charge is 2.11. The van der Waals surface area contributed by atoms with Crippen LogP contribution in [0.15, 0.2) is 12.4 Å². The number of rotatable bonds is 2. The number of aromatic nitrogens is 2. The summed E-state index contributed by atoms with van der Waals surface area (Å²) in [7, 11) is 1.61. The van der Waals surface area contributed by atoms with Gasteiger partial charge in [0, 0.05) is 32.2 Å². The predicted molar refractivity (Wildman–Crippen MR) is 60.9 cm³/mol. The van der Waals surface area contributed by atoms with Crippen molar-refractivity contribution in [1.29, 1.82) is 0 Å². The summed E-state index contributed by atoms with van der Waals surface area (Å²) in [4.78, 5) is 10.4. The Morgan fingerprint density at radius 3 is 2.73 bits per heavy atom. The Labute approximate surface area is 95.3 Å². The smallest absolute Gasteiger partial charge is 0.218 e. The fourth-order valence-electron chi connectivity index (χ4n) is 1.51. The summed E-state index contributed by atoms with van der Waals surface area (Å²) in [6.45, 7) is 3.99. The number of piperazine rings is 1. The fourth-order valence-corrected chi connectivity index (χ4v) is 1.51. The molecule has 1 aromatic rings. The molecule has 5 nitrogen and oxygen atoms in total. The van der Waals surface area contributed by atoms with Crippen molar-refractivity contribution < 1.29 is 4.74 Å². The average molecular weight is 231 g/mol. The summed E-state index contributed by atoms with van der Waals surface area (Å²) in [6, 6.07) is 1.87. The van der Waals surface area contributed by atoms with E-state index in [2.05, 4.69) is 20.2 Å². The van der Waals surface area contributed by atoms with Crippen molar-refractivity contribution in [3.8, 4) is 5.88 Å². The Hall–Kier alpha value is -1.07. The molecule has 0 unspecified atom stereocenters. The average Bonchev–Trinajstić information content (AvgIpc) is 2.30. The molecule has 1 aliphatic rings. The number of methoxy groups -OCH3 is 1. The molecule has 84 valence electrons. The molecule has 1 saturated heterocycles. The second-order valence-electron chi connectivity index (χ2n) is 3.16. The molecule has 15 heavy (non-hydrogen) atoms. The molecule has 1 fully saturated rings.